The van der Waals surface area contributed by atoms with Gasteiger partial charge in [0.1, 0.15) is 0 Å². The molecular formula is C17H21BrN2. The van der Waals surface area contributed by atoms with Crippen LogP contribution in [0.3, 0.4) is 0 Å². The normalized spacial score (nSPS) is 12.4. The fraction of sp³-hybridized carbons (Fsp3) is 0.294. The summed E-state index contributed by atoms with van der Waals surface area (Å²) in [6.07, 6.45) is 0. The molecule has 1 unspecified atom stereocenters. The largest absolute Gasteiger partial charge is 0.378 e. The molecule has 0 aliphatic heterocycles. The van der Waals surface area contributed by atoms with E-state index in [4.69, 9.17) is 0 Å². The van der Waals surface area contributed by atoms with Crippen LogP contribution in [0.1, 0.15) is 24.1 Å². The Kier molecular flexibility index (Phi) is 5.21. The van der Waals surface area contributed by atoms with Crippen molar-refractivity contribution in [3.05, 3.63) is 64.1 Å². The summed E-state index contributed by atoms with van der Waals surface area (Å²) in [6.45, 7) is 3.13. The molecule has 0 radical (unpaired) electrons. The van der Waals surface area contributed by atoms with Gasteiger partial charge in [-0.1, -0.05) is 46.3 Å². The van der Waals surface area contributed by atoms with Gasteiger partial charge in [0.05, 0.1) is 0 Å². The molecule has 2 nitrogen and oxygen atoms in total. The van der Waals surface area contributed by atoms with E-state index in [0.717, 1.165) is 11.0 Å². The SMILES string of the molecule is CC(Nc1ccccc1CN(C)C)c1cccc(Br)c1. The van der Waals surface area contributed by atoms with E-state index < -0.39 is 0 Å². The minimum atomic E-state index is 0.274. The molecule has 2 rings (SSSR count). The summed E-state index contributed by atoms with van der Waals surface area (Å²) in [5, 5.41) is 3.61. The molecule has 106 valence electrons. The Labute approximate surface area is 129 Å². The number of nitrogens with zero attached hydrogens (tertiary/aromatic N) is 1. The second-order valence-electron chi connectivity index (χ2n) is 5.32. The number of halogens is 1. The first-order valence-corrected chi connectivity index (χ1v) is 7.60. The highest BCUT2D eigenvalue weighted by Gasteiger charge is 2.09. The van der Waals surface area contributed by atoms with Gasteiger partial charge in [-0.05, 0) is 50.3 Å². The van der Waals surface area contributed by atoms with Gasteiger partial charge in [0, 0.05) is 22.7 Å². The van der Waals surface area contributed by atoms with E-state index in [-0.39, 0.29) is 6.04 Å². The third kappa shape index (κ3) is 4.09. The lowest BCUT2D eigenvalue weighted by molar-refractivity contribution is 0.403. The maximum Gasteiger partial charge on any atom is 0.0486 e. The molecule has 3 heteroatoms. The Balaban J connectivity index is 2.17. The van der Waals surface area contributed by atoms with Gasteiger partial charge in [0.25, 0.3) is 0 Å². The zero-order valence-electron chi connectivity index (χ0n) is 12.2. The molecule has 0 bridgehead atoms. The number of para-hydroxylation sites is 1. The highest BCUT2D eigenvalue weighted by Crippen LogP contribution is 2.24. The van der Waals surface area contributed by atoms with Crippen molar-refractivity contribution in [2.24, 2.45) is 0 Å². The van der Waals surface area contributed by atoms with Crippen molar-refractivity contribution in [3.8, 4) is 0 Å². The van der Waals surface area contributed by atoms with Crippen LogP contribution in [0, 0.1) is 0 Å². The molecule has 0 heterocycles. The maximum absolute atomic E-state index is 3.61. The molecule has 0 aromatic heterocycles. The third-order valence-corrected chi connectivity index (χ3v) is 3.72. The summed E-state index contributed by atoms with van der Waals surface area (Å²) in [4.78, 5) is 2.18. The summed E-state index contributed by atoms with van der Waals surface area (Å²) in [5.41, 5.74) is 3.80. The first kappa shape index (κ1) is 15.1. The van der Waals surface area contributed by atoms with E-state index in [0.29, 0.717) is 0 Å². The number of hydrogen-bond donors (Lipinski definition) is 1. The van der Waals surface area contributed by atoms with Gasteiger partial charge < -0.3 is 10.2 Å². The Morgan fingerprint density at radius 2 is 1.85 bits per heavy atom. The van der Waals surface area contributed by atoms with Crippen molar-refractivity contribution in [1.82, 2.24) is 4.90 Å². The van der Waals surface area contributed by atoms with Gasteiger partial charge in [-0.25, -0.2) is 0 Å². The molecule has 2 aromatic rings. The van der Waals surface area contributed by atoms with Crippen LogP contribution in [0.5, 0.6) is 0 Å². The van der Waals surface area contributed by atoms with E-state index in [9.17, 15) is 0 Å². The van der Waals surface area contributed by atoms with Crippen LogP contribution in [0.4, 0.5) is 5.69 Å². The van der Waals surface area contributed by atoms with E-state index in [1.54, 1.807) is 0 Å². The Morgan fingerprint density at radius 1 is 1.10 bits per heavy atom. The average Bonchev–Trinajstić information content (AvgIpc) is 2.40. The van der Waals surface area contributed by atoms with Crippen LogP contribution in [0.15, 0.2) is 53.0 Å². The standard InChI is InChI=1S/C17H21BrN2/c1-13(14-8-6-9-16(18)11-14)19-17-10-5-4-7-15(17)12-20(2)3/h4-11,13,19H,12H2,1-3H3. The van der Waals surface area contributed by atoms with Crippen molar-refractivity contribution >= 4 is 21.6 Å². The van der Waals surface area contributed by atoms with E-state index in [2.05, 4.69) is 95.7 Å². The van der Waals surface area contributed by atoms with Crippen molar-refractivity contribution in [3.63, 3.8) is 0 Å². The predicted octanol–water partition coefficient (Wildman–Crippen LogP) is 4.68. The first-order chi connectivity index (χ1) is 9.56. The van der Waals surface area contributed by atoms with E-state index in [1.165, 1.54) is 16.8 Å². The van der Waals surface area contributed by atoms with Crippen molar-refractivity contribution in [2.75, 3.05) is 19.4 Å². The van der Waals surface area contributed by atoms with Gasteiger partial charge in [0.15, 0.2) is 0 Å². The van der Waals surface area contributed by atoms with Crippen molar-refractivity contribution in [1.29, 1.82) is 0 Å². The quantitative estimate of drug-likeness (QED) is 0.854. The molecule has 1 atom stereocenters. The minimum Gasteiger partial charge on any atom is -0.378 e. The molecule has 0 aliphatic carbocycles. The van der Waals surface area contributed by atoms with Gasteiger partial charge in [-0.15, -0.1) is 0 Å². The first-order valence-electron chi connectivity index (χ1n) is 6.81. The topological polar surface area (TPSA) is 15.3 Å². The van der Waals surface area contributed by atoms with Crippen molar-refractivity contribution in [2.45, 2.75) is 19.5 Å². The average molecular weight is 333 g/mol. The summed E-state index contributed by atoms with van der Waals surface area (Å²) in [6, 6.07) is 17.2. The van der Waals surface area contributed by atoms with Gasteiger partial charge >= 0.3 is 0 Å². The zero-order valence-corrected chi connectivity index (χ0v) is 13.8. The molecular weight excluding hydrogens is 312 g/mol. The molecule has 0 spiro atoms. The van der Waals surface area contributed by atoms with Crippen LogP contribution in [0.2, 0.25) is 0 Å². The molecule has 1 N–H and O–H groups in total. The van der Waals surface area contributed by atoms with E-state index >= 15 is 0 Å². The number of rotatable bonds is 5. The predicted molar refractivity (Wildman–Crippen MR) is 90.0 cm³/mol. The fourth-order valence-electron chi connectivity index (χ4n) is 2.23. The summed E-state index contributed by atoms with van der Waals surface area (Å²) in [5.74, 6) is 0. The van der Waals surface area contributed by atoms with Crippen LogP contribution in [-0.2, 0) is 6.54 Å². The van der Waals surface area contributed by atoms with Crippen LogP contribution in [0.25, 0.3) is 0 Å². The minimum absolute atomic E-state index is 0.274. The fourth-order valence-corrected chi connectivity index (χ4v) is 2.65. The summed E-state index contributed by atoms with van der Waals surface area (Å²) >= 11 is 3.53. The lowest BCUT2D eigenvalue weighted by atomic mass is 10.1. The van der Waals surface area contributed by atoms with Gasteiger partial charge in [-0.3, -0.25) is 0 Å². The molecule has 0 aliphatic rings. The van der Waals surface area contributed by atoms with Crippen LogP contribution < -0.4 is 5.32 Å². The molecule has 0 saturated carbocycles. The Hall–Kier alpha value is -1.32. The number of hydrogen-bond acceptors (Lipinski definition) is 2. The molecule has 20 heavy (non-hydrogen) atoms. The Morgan fingerprint density at radius 3 is 2.55 bits per heavy atom. The molecule has 0 saturated heterocycles. The highest BCUT2D eigenvalue weighted by atomic mass is 79.9. The Bertz CT molecular complexity index is 566. The lowest BCUT2D eigenvalue weighted by Crippen LogP contribution is -2.14. The third-order valence-electron chi connectivity index (χ3n) is 3.22. The van der Waals surface area contributed by atoms with Crippen LogP contribution in [-0.4, -0.2) is 19.0 Å². The second-order valence-corrected chi connectivity index (χ2v) is 6.23. The van der Waals surface area contributed by atoms with Gasteiger partial charge in [-0.2, -0.15) is 0 Å². The number of benzene rings is 2. The zero-order chi connectivity index (χ0) is 14.5. The second kappa shape index (κ2) is 6.91. The lowest BCUT2D eigenvalue weighted by Gasteiger charge is -2.20. The summed E-state index contributed by atoms with van der Waals surface area (Å²) < 4.78 is 1.12. The number of nitrogens with one attached hydrogen (secondary N) is 1. The van der Waals surface area contributed by atoms with Crippen LogP contribution >= 0.6 is 15.9 Å². The number of anilines is 1. The van der Waals surface area contributed by atoms with Gasteiger partial charge in [0.2, 0.25) is 0 Å². The summed E-state index contributed by atoms with van der Waals surface area (Å²) in [7, 11) is 4.18. The van der Waals surface area contributed by atoms with Crippen molar-refractivity contribution < 1.29 is 0 Å². The maximum atomic E-state index is 3.61. The molecule has 2 aromatic carbocycles. The van der Waals surface area contributed by atoms with E-state index in [1.807, 2.05) is 0 Å². The monoisotopic (exact) mass is 332 g/mol. The smallest absolute Gasteiger partial charge is 0.0486 e. The molecule has 0 fully saturated rings. The molecule has 0 amide bonds. The highest BCUT2D eigenvalue weighted by molar-refractivity contribution is 9.10.